The standard InChI is InChI=1S/C12H25NO/c1-10(2)5-4-6-14-12-7-11(8-12)9-13-3/h10-13H,4-9H2,1-3H3. The van der Waals surface area contributed by atoms with Crippen LogP contribution in [0.15, 0.2) is 0 Å². The van der Waals surface area contributed by atoms with E-state index in [1.54, 1.807) is 0 Å². The smallest absolute Gasteiger partial charge is 0.0581 e. The van der Waals surface area contributed by atoms with Gasteiger partial charge in [0.2, 0.25) is 0 Å². The highest BCUT2D eigenvalue weighted by molar-refractivity contribution is 4.81. The summed E-state index contributed by atoms with van der Waals surface area (Å²) >= 11 is 0. The second kappa shape index (κ2) is 6.41. The summed E-state index contributed by atoms with van der Waals surface area (Å²) in [7, 11) is 2.02. The van der Waals surface area contributed by atoms with Crippen LogP contribution in [0.2, 0.25) is 0 Å². The van der Waals surface area contributed by atoms with Crippen LogP contribution in [0.25, 0.3) is 0 Å². The highest BCUT2D eigenvalue weighted by Gasteiger charge is 2.28. The lowest BCUT2D eigenvalue weighted by Crippen LogP contribution is -2.37. The molecule has 84 valence electrons. The van der Waals surface area contributed by atoms with Crippen molar-refractivity contribution in [2.45, 2.75) is 45.6 Å². The van der Waals surface area contributed by atoms with E-state index >= 15 is 0 Å². The van der Waals surface area contributed by atoms with Crippen molar-refractivity contribution < 1.29 is 4.74 Å². The summed E-state index contributed by atoms with van der Waals surface area (Å²) < 4.78 is 5.78. The summed E-state index contributed by atoms with van der Waals surface area (Å²) in [5.41, 5.74) is 0. The van der Waals surface area contributed by atoms with Gasteiger partial charge in [0.15, 0.2) is 0 Å². The Morgan fingerprint density at radius 3 is 2.64 bits per heavy atom. The second-order valence-electron chi connectivity index (χ2n) is 4.92. The van der Waals surface area contributed by atoms with E-state index in [0.717, 1.165) is 25.0 Å². The van der Waals surface area contributed by atoms with Gasteiger partial charge in [-0.15, -0.1) is 0 Å². The highest BCUT2D eigenvalue weighted by Crippen LogP contribution is 2.29. The number of nitrogens with one attached hydrogen (secondary N) is 1. The van der Waals surface area contributed by atoms with E-state index in [4.69, 9.17) is 4.74 Å². The number of ether oxygens (including phenoxy) is 1. The van der Waals surface area contributed by atoms with E-state index in [1.165, 1.54) is 25.7 Å². The van der Waals surface area contributed by atoms with E-state index in [1.807, 2.05) is 7.05 Å². The first kappa shape index (κ1) is 12.0. The van der Waals surface area contributed by atoms with Gasteiger partial charge in [-0.1, -0.05) is 13.8 Å². The SMILES string of the molecule is CNCC1CC(OCCCC(C)C)C1. The van der Waals surface area contributed by atoms with Crippen molar-refractivity contribution in [1.29, 1.82) is 0 Å². The molecule has 1 saturated carbocycles. The molecule has 1 fully saturated rings. The van der Waals surface area contributed by atoms with Gasteiger partial charge in [0.05, 0.1) is 6.10 Å². The fraction of sp³-hybridized carbons (Fsp3) is 1.00. The second-order valence-corrected chi connectivity index (χ2v) is 4.92. The zero-order valence-corrected chi connectivity index (χ0v) is 9.88. The maximum absolute atomic E-state index is 5.78. The molecule has 0 atom stereocenters. The lowest BCUT2D eigenvalue weighted by molar-refractivity contribution is -0.0312. The summed E-state index contributed by atoms with van der Waals surface area (Å²) in [6, 6.07) is 0. The maximum atomic E-state index is 5.78. The monoisotopic (exact) mass is 199 g/mol. The molecule has 1 N–H and O–H groups in total. The molecule has 0 unspecified atom stereocenters. The Labute approximate surface area is 88.4 Å². The lowest BCUT2D eigenvalue weighted by atomic mass is 9.82. The van der Waals surface area contributed by atoms with Crippen molar-refractivity contribution in [1.82, 2.24) is 5.32 Å². The quantitative estimate of drug-likeness (QED) is 0.636. The Morgan fingerprint density at radius 2 is 2.07 bits per heavy atom. The first-order chi connectivity index (χ1) is 6.72. The molecule has 1 aliphatic carbocycles. The highest BCUT2D eigenvalue weighted by atomic mass is 16.5. The van der Waals surface area contributed by atoms with Crippen LogP contribution >= 0.6 is 0 Å². The molecule has 1 aliphatic rings. The molecular formula is C12H25NO. The molecule has 2 nitrogen and oxygen atoms in total. The molecule has 0 amide bonds. The number of hydrogen-bond donors (Lipinski definition) is 1. The first-order valence-electron chi connectivity index (χ1n) is 5.98. The third-order valence-electron chi connectivity index (χ3n) is 2.96. The molecule has 0 aromatic heterocycles. The average molecular weight is 199 g/mol. The van der Waals surface area contributed by atoms with Crippen LogP contribution in [0.4, 0.5) is 0 Å². The first-order valence-corrected chi connectivity index (χ1v) is 5.98. The van der Waals surface area contributed by atoms with Crippen LogP contribution in [-0.4, -0.2) is 26.3 Å². The largest absolute Gasteiger partial charge is 0.378 e. The van der Waals surface area contributed by atoms with Gasteiger partial charge in [0.25, 0.3) is 0 Å². The number of hydrogen-bond acceptors (Lipinski definition) is 2. The van der Waals surface area contributed by atoms with Crippen molar-refractivity contribution in [2.75, 3.05) is 20.2 Å². The average Bonchev–Trinajstić information content (AvgIpc) is 2.06. The molecule has 0 saturated heterocycles. The van der Waals surface area contributed by atoms with Crippen molar-refractivity contribution in [3.05, 3.63) is 0 Å². The van der Waals surface area contributed by atoms with Crippen LogP contribution in [0, 0.1) is 11.8 Å². The minimum atomic E-state index is 0.570. The third kappa shape index (κ3) is 4.43. The van der Waals surface area contributed by atoms with Gasteiger partial charge < -0.3 is 10.1 Å². The predicted molar refractivity (Wildman–Crippen MR) is 60.5 cm³/mol. The van der Waals surface area contributed by atoms with Gasteiger partial charge in [0, 0.05) is 6.61 Å². The Morgan fingerprint density at radius 1 is 1.36 bits per heavy atom. The van der Waals surface area contributed by atoms with Gasteiger partial charge >= 0.3 is 0 Å². The molecular weight excluding hydrogens is 174 g/mol. The van der Waals surface area contributed by atoms with Crippen LogP contribution < -0.4 is 5.32 Å². The van der Waals surface area contributed by atoms with Crippen LogP contribution in [0.3, 0.4) is 0 Å². The van der Waals surface area contributed by atoms with Crippen molar-refractivity contribution in [3.8, 4) is 0 Å². The summed E-state index contributed by atoms with van der Waals surface area (Å²) in [4.78, 5) is 0. The van der Waals surface area contributed by atoms with Crippen LogP contribution in [0.5, 0.6) is 0 Å². The Kier molecular flexibility index (Phi) is 5.49. The molecule has 2 heteroatoms. The lowest BCUT2D eigenvalue weighted by Gasteiger charge is -2.35. The molecule has 0 aliphatic heterocycles. The Balaban J connectivity index is 1.86. The molecule has 0 spiro atoms. The number of rotatable bonds is 7. The molecule has 0 heterocycles. The van der Waals surface area contributed by atoms with E-state index in [2.05, 4.69) is 19.2 Å². The van der Waals surface area contributed by atoms with Crippen LogP contribution in [-0.2, 0) is 4.74 Å². The summed E-state index contributed by atoms with van der Waals surface area (Å²) in [5.74, 6) is 1.69. The molecule has 0 aromatic rings. The predicted octanol–water partition coefficient (Wildman–Crippen LogP) is 2.44. The molecule has 1 rings (SSSR count). The van der Waals surface area contributed by atoms with E-state index < -0.39 is 0 Å². The van der Waals surface area contributed by atoms with E-state index in [9.17, 15) is 0 Å². The zero-order valence-electron chi connectivity index (χ0n) is 9.88. The fourth-order valence-corrected chi connectivity index (χ4v) is 2.01. The van der Waals surface area contributed by atoms with Crippen molar-refractivity contribution in [2.24, 2.45) is 11.8 Å². The summed E-state index contributed by atoms with van der Waals surface area (Å²) in [6.45, 7) is 6.67. The van der Waals surface area contributed by atoms with Gasteiger partial charge in [-0.25, -0.2) is 0 Å². The minimum Gasteiger partial charge on any atom is -0.378 e. The van der Waals surface area contributed by atoms with Gasteiger partial charge in [-0.3, -0.25) is 0 Å². The normalized spacial score (nSPS) is 26.6. The minimum absolute atomic E-state index is 0.570. The molecule has 0 aromatic carbocycles. The van der Waals surface area contributed by atoms with Crippen molar-refractivity contribution in [3.63, 3.8) is 0 Å². The topological polar surface area (TPSA) is 21.3 Å². The zero-order chi connectivity index (χ0) is 10.4. The van der Waals surface area contributed by atoms with Crippen molar-refractivity contribution >= 4 is 0 Å². The maximum Gasteiger partial charge on any atom is 0.0581 e. The third-order valence-corrected chi connectivity index (χ3v) is 2.96. The Hall–Kier alpha value is -0.0800. The molecule has 0 radical (unpaired) electrons. The summed E-state index contributed by atoms with van der Waals surface area (Å²) in [5, 5.41) is 3.22. The Bertz CT molecular complexity index is 141. The van der Waals surface area contributed by atoms with Gasteiger partial charge in [-0.2, -0.15) is 0 Å². The molecule has 0 bridgehead atoms. The van der Waals surface area contributed by atoms with E-state index in [-0.39, 0.29) is 0 Å². The summed E-state index contributed by atoms with van der Waals surface area (Å²) in [6.07, 6.45) is 5.63. The van der Waals surface area contributed by atoms with Crippen LogP contribution in [0.1, 0.15) is 39.5 Å². The van der Waals surface area contributed by atoms with Gasteiger partial charge in [-0.05, 0) is 51.1 Å². The molecule has 14 heavy (non-hydrogen) atoms. The fourth-order valence-electron chi connectivity index (χ4n) is 2.01. The van der Waals surface area contributed by atoms with E-state index in [0.29, 0.717) is 6.10 Å². The van der Waals surface area contributed by atoms with Gasteiger partial charge in [0.1, 0.15) is 0 Å².